The topological polar surface area (TPSA) is 317 Å². The van der Waals surface area contributed by atoms with Gasteiger partial charge < -0.3 is 79.5 Å². The largest absolute Gasteiger partial charge is 0.387 e. The second-order valence-corrected chi connectivity index (χ2v) is 22.5. The van der Waals surface area contributed by atoms with Gasteiger partial charge in [-0.1, -0.05) is 65.0 Å². The third-order valence-electron chi connectivity index (χ3n) is 14.1. The zero-order valence-corrected chi connectivity index (χ0v) is 52.9. The van der Waals surface area contributed by atoms with Crippen molar-refractivity contribution in [1.82, 2.24) is 34.9 Å². The Hall–Kier alpha value is -6.66. The number of imidazole rings is 1. The molecular formula is C63H95F2N9O16. The fraction of sp³-hybridized carbons (Fsp3) is 0.619. The molecule has 0 saturated heterocycles. The highest BCUT2D eigenvalue weighted by Crippen LogP contribution is 2.40. The summed E-state index contributed by atoms with van der Waals surface area (Å²) in [7, 11) is 0. The quantitative estimate of drug-likeness (QED) is 0.0401. The molecule has 1 aromatic heterocycles. The van der Waals surface area contributed by atoms with Gasteiger partial charge in [0.05, 0.1) is 117 Å². The van der Waals surface area contributed by atoms with Gasteiger partial charge in [-0.15, -0.1) is 0 Å². The first-order valence-electron chi connectivity index (χ1n) is 30.7. The molecule has 7 N–H and O–H groups in total. The first-order valence-corrected chi connectivity index (χ1v) is 30.7. The number of nitrogens with two attached hydrogens (primary N) is 2. The Morgan fingerprint density at radius 2 is 1.22 bits per heavy atom. The summed E-state index contributed by atoms with van der Waals surface area (Å²) in [6, 6.07) is 9.46. The molecule has 1 aliphatic rings. The zero-order chi connectivity index (χ0) is 65.7. The first-order chi connectivity index (χ1) is 43.3. The van der Waals surface area contributed by atoms with Crippen LogP contribution in [0.5, 0.6) is 0 Å². The molecule has 2 aromatic carbocycles. The van der Waals surface area contributed by atoms with Crippen molar-refractivity contribution in [2.45, 2.75) is 97.8 Å². The molecule has 3 atom stereocenters. The predicted octanol–water partition coefficient (Wildman–Crippen LogP) is 3.08. The number of amides is 7. The molecule has 27 heteroatoms. The lowest BCUT2D eigenvalue weighted by atomic mass is 9.84. The summed E-state index contributed by atoms with van der Waals surface area (Å²) < 4.78 is 75.9. The van der Waals surface area contributed by atoms with Crippen LogP contribution in [0.15, 0.2) is 66.9 Å². The van der Waals surface area contributed by atoms with Crippen LogP contribution < -0.4 is 22.1 Å². The highest BCUT2D eigenvalue weighted by Gasteiger charge is 2.40. The van der Waals surface area contributed by atoms with Crippen LogP contribution in [0, 0.1) is 23.0 Å². The number of rotatable bonds is 49. The van der Waals surface area contributed by atoms with Crippen LogP contribution in [-0.2, 0) is 78.0 Å². The number of ether oxygens (including phenoxy) is 8. The number of primary amides is 1. The van der Waals surface area contributed by atoms with E-state index in [1.165, 1.54) is 22.0 Å². The molecule has 0 spiro atoms. The molecule has 0 saturated carbocycles. The SMILES string of the molecule is CC(C)[C@H](NC(=O)CCOCCOCCOCCOCCOCCOCCOCCOCCNC(=O)CCN1C(=O)C=CC1=O)C(=O)N(CCCN(C(=O)CO)[C@@H](c1nc(-c2cc(F)ccc2F)cn1Cc1ccccc1)C(C)(C)C)[C@@H](CCCCN)C(N)=O. The van der Waals surface area contributed by atoms with E-state index >= 15 is 4.39 Å². The Morgan fingerprint density at radius 1 is 0.689 bits per heavy atom. The molecule has 7 amide bonds. The number of carbonyl (C=O) groups excluding carboxylic acids is 7. The Morgan fingerprint density at radius 3 is 1.73 bits per heavy atom. The minimum absolute atomic E-state index is 0.0220. The van der Waals surface area contributed by atoms with Crippen molar-refractivity contribution in [1.29, 1.82) is 0 Å². The van der Waals surface area contributed by atoms with Crippen molar-refractivity contribution in [2.75, 3.05) is 145 Å². The van der Waals surface area contributed by atoms with Crippen LogP contribution in [0.1, 0.15) is 90.6 Å². The number of aromatic nitrogens is 2. The Balaban J connectivity index is 1.13. The maximum atomic E-state index is 15.3. The van der Waals surface area contributed by atoms with Gasteiger partial charge in [0.1, 0.15) is 36.1 Å². The van der Waals surface area contributed by atoms with Crippen molar-refractivity contribution in [3.05, 3.63) is 89.9 Å². The van der Waals surface area contributed by atoms with Crippen LogP contribution in [0.3, 0.4) is 0 Å². The Kier molecular flexibility index (Phi) is 35.7. The van der Waals surface area contributed by atoms with E-state index in [2.05, 4.69) is 10.6 Å². The van der Waals surface area contributed by atoms with E-state index < -0.39 is 83.1 Å². The lowest BCUT2D eigenvalue weighted by Gasteiger charge is -2.40. The van der Waals surface area contributed by atoms with E-state index in [-0.39, 0.29) is 88.8 Å². The number of nitrogens with one attached hydrogen (secondary N) is 2. The minimum Gasteiger partial charge on any atom is -0.387 e. The van der Waals surface area contributed by atoms with E-state index in [0.29, 0.717) is 118 Å². The summed E-state index contributed by atoms with van der Waals surface area (Å²) in [5.74, 6) is -5.00. The molecule has 0 aliphatic carbocycles. The fourth-order valence-electron chi connectivity index (χ4n) is 9.59. The van der Waals surface area contributed by atoms with E-state index in [0.717, 1.165) is 28.7 Å². The van der Waals surface area contributed by atoms with Crippen molar-refractivity contribution < 1.29 is 85.3 Å². The zero-order valence-electron chi connectivity index (χ0n) is 52.9. The highest BCUT2D eigenvalue weighted by molar-refractivity contribution is 6.13. The number of hydrogen-bond donors (Lipinski definition) is 5. The monoisotopic (exact) mass is 1270 g/mol. The molecule has 0 fully saturated rings. The Bertz CT molecular complexity index is 2660. The number of aliphatic hydroxyl groups excluding tert-OH is 1. The van der Waals surface area contributed by atoms with Crippen molar-refractivity contribution in [3.8, 4) is 11.3 Å². The Labute approximate surface area is 526 Å². The molecule has 2 heterocycles. The predicted molar refractivity (Wildman–Crippen MR) is 328 cm³/mol. The average molecular weight is 1270 g/mol. The molecule has 25 nitrogen and oxygen atoms in total. The van der Waals surface area contributed by atoms with E-state index in [9.17, 15) is 43.1 Å². The minimum atomic E-state index is -1.09. The summed E-state index contributed by atoms with van der Waals surface area (Å²) in [6.45, 7) is 14.3. The molecule has 0 bridgehead atoms. The van der Waals surface area contributed by atoms with Crippen LogP contribution in [-0.4, -0.2) is 228 Å². The smallest absolute Gasteiger partial charge is 0.253 e. The second-order valence-electron chi connectivity index (χ2n) is 22.5. The normalized spacial score (nSPS) is 13.5. The van der Waals surface area contributed by atoms with Gasteiger partial charge in [-0.3, -0.25) is 38.5 Å². The van der Waals surface area contributed by atoms with Gasteiger partial charge in [0.25, 0.3) is 11.8 Å². The molecule has 0 unspecified atom stereocenters. The van der Waals surface area contributed by atoms with Gasteiger partial charge >= 0.3 is 0 Å². The molecule has 3 aromatic rings. The lowest BCUT2D eigenvalue weighted by molar-refractivity contribution is -0.144. The van der Waals surface area contributed by atoms with Crippen LogP contribution in [0.25, 0.3) is 11.3 Å². The van der Waals surface area contributed by atoms with E-state index in [1.54, 1.807) is 24.6 Å². The number of halogens is 2. The number of unbranched alkanes of at least 4 members (excludes halogenated alkanes) is 1. The van der Waals surface area contributed by atoms with Crippen molar-refractivity contribution >= 4 is 41.4 Å². The summed E-state index contributed by atoms with van der Waals surface area (Å²) in [6.07, 6.45) is 5.22. The molecule has 0 radical (unpaired) electrons. The van der Waals surface area contributed by atoms with Gasteiger partial charge in [0, 0.05) is 69.5 Å². The molecule has 90 heavy (non-hydrogen) atoms. The maximum absolute atomic E-state index is 15.3. The van der Waals surface area contributed by atoms with Crippen molar-refractivity contribution in [3.63, 3.8) is 0 Å². The number of imide groups is 1. The lowest BCUT2D eigenvalue weighted by Crippen LogP contribution is -2.57. The molecular weight excluding hydrogens is 1180 g/mol. The number of nitrogens with zero attached hydrogens (tertiary/aromatic N) is 5. The molecule has 4 rings (SSSR count). The molecule has 502 valence electrons. The second kappa shape index (κ2) is 42.4. The summed E-state index contributed by atoms with van der Waals surface area (Å²) in [5, 5.41) is 15.9. The average Bonchev–Trinajstić information content (AvgIpc) is 1.59. The standard InChI is InChI=1S/C63H95F2N9O16/c1-46(2)58(70-54(77)20-26-83-28-30-85-32-34-87-36-38-89-40-41-90-39-37-88-35-33-86-31-29-84-27-22-68-53(76)19-25-73-55(78)17-18-56(73)79)62(82)72(52(60(67)81)14-9-10-21-66)23-11-24-74(57(80)45-75)59(63(3,4)5)61-69-51(49-42-48(64)15-16-50(49)65)44-71(61)43-47-12-7-6-8-13-47/h6-8,12-13,15-18,42,44,46,52,58-59,75H,9-11,14,19-41,43,45,66H2,1-5H3,(H2,67,81)(H,68,76)(H,70,77)/t52-,58-,59-/m0/s1. The van der Waals surface area contributed by atoms with Gasteiger partial charge in [-0.05, 0) is 67.3 Å². The molecule has 1 aliphatic heterocycles. The number of aliphatic hydroxyl groups is 1. The van der Waals surface area contributed by atoms with Crippen molar-refractivity contribution in [2.24, 2.45) is 22.8 Å². The highest BCUT2D eigenvalue weighted by atomic mass is 19.1. The van der Waals surface area contributed by atoms with Crippen LogP contribution >= 0.6 is 0 Å². The van der Waals surface area contributed by atoms with Crippen LogP contribution in [0.4, 0.5) is 8.78 Å². The van der Waals surface area contributed by atoms with Gasteiger partial charge in [-0.25, -0.2) is 13.8 Å². The summed E-state index contributed by atoms with van der Waals surface area (Å²) in [4.78, 5) is 99.0. The number of benzene rings is 2. The third kappa shape index (κ3) is 27.8. The van der Waals surface area contributed by atoms with E-state index in [1.807, 2.05) is 51.1 Å². The number of hydrogen-bond acceptors (Lipinski definition) is 18. The van der Waals surface area contributed by atoms with E-state index in [4.69, 9.17) is 54.3 Å². The number of carbonyl (C=O) groups is 7. The summed E-state index contributed by atoms with van der Waals surface area (Å²) >= 11 is 0. The fourth-order valence-corrected chi connectivity index (χ4v) is 9.59. The van der Waals surface area contributed by atoms with Crippen LogP contribution in [0.2, 0.25) is 0 Å². The van der Waals surface area contributed by atoms with Gasteiger partial charge in [0.2, 0.25) is 29.5 Å². The maximum Gasteiger partial charge on any atom is 0.253 e. The summed E-state index contributed by atoms with van der Waals surface area (Å²) in [5.41, 5.74) is 12.0. The third-order valence-corrected chi connectivity index (χ3v) is 14.1. The van der Waals surface area contributed by atoms with Gasteiger partial charge in [-0.2, -0.15) is 0 Å². The first kappa shape index (κ1) is 75.8. The van der Waals surface area contributed by atoms with Gasteiger partial charge in [0.15, 0.2) is 0 Å².